The molecule has 0 saturated heterocycles. The second-order valence-electron chi connectivity index (χ2n) is 4.72. The van der Waals surface area contributed by atoms with Crippen molar-refractivity contribution in [1.29, 1.82) is 5.41 Å². The van der Waals surface area contributed by atoms with Crippen LogP contribution in [-0.2, 0) is 6.54 Å². The summed E-state index contributed by atoms with van der Waals surface area (Å²) < 4.78 is 1.06. The Balaban J connectivity index is 2.29. The maximum atomic E-state index is 7.72. The van der Waals surface area contributed by atoms with E-state index in [2.05, 4.69) is 33.0 Å². The zero-order valence-electron chi connectivity index (χ0n) is 11.5. The largest absolute Gasteiger partial charge is 0.384 e. The van der Waals surface area contributed by atoms with Crippen LogP contribution in [0.15, 0.2) is 41.0 Å². The molecule has 2 aromatic rings. The van der Waals surface area contributed by atoms with E-state index >= 15 is 0 Å². The van der Waals surface area contributed by atoms with Crippen LogP contribution in [0, 0.1) is 12.3 Å². The second-order valence-corrected chi connectivity index (χ2v) is 5.64. The van der Waals surface area contributed by atoms with Crippen LogP contribution < -0.4 is 10.6 Å². The molecule has 0 saturated carbocycles. The minimum absolute atomic E-state index is 0.0493. The van der Waals surface area contributed by atoms with Gasteiger partial charge in [0.1, 0.15) is 11.7 Å². The van der Waals surface area contributed by atoms with E-state index in [0.717, 1.165) is 15.9 Å². The Bertz CT molecular complexity index is 622. The minimum Gasteiger partial charge on any atom is -0.384 e. The van der Waals surface area contributed by atoms with Gasteiger partial charge in [0.25, 0.3) is 0 Å². The van der Waals surface area contributed by atoms with Gasteiger partial charge in [0.15, 0.2) is 0 Å². The van der Waals surface area contributed by atoms with E-state index in [1.165, 1.54) is 5.56 Å². The monoisotopic (exact) mass is 332 g/mol. The molecule has 1 aromatic heterocycles. The van der Waals surface area contributed by atoms with E-state index in [4.69, 9.17) is 11.1 Å². The molecule has 0 bridgehead atoms. The maximum Gasteiger partial charge on any atom is 0.139 e. The summed E-state index contributed by atoms with van der Waals surface area (Å²) in [6, 6.07) is 10.0. The fraction of sp³-hybridized carbons (Fsp3) is 0.200. The lowest BCUT2D eigenvalue weighted by molar-refractivity contribution is 0.893. The lowest BCUT2D eigenvalue weighted by atomic mass is 10.1. The molecular formula is C15H17BrN4. The van der Waals surface area contributed by atoms with Crippen LogP contribution in [0.4, 0.5) is 5.82 Å². The van der Waals surface area contributed by atoms with Crippen molar-refractivity contribution in [1.82, 2.24) is 4.98 Å². The predicted octanol–water partition coefficient (Wildman–Crippen LogP) is 3.07. The first kappa shape index (κ1) is 14.5. The topological polar surface area (TPSA) is 66.0 Å². The third-order valence-corrected chi connectivity index (χ3v) is 3.63. The highest BCUT2D eigenvalue weighted by Gasteiger charge is 2.14. The number of nitrogens with one attached hydrogen (secondary N) is 1. The highest BCUT2D eigenvalue weighted by molar-refractivity contribution is 9.10. The van der Waals surface area contributed by atoms with Gasteiger partial charge in [-0.05, 0) is 36.2 Å². The molecule has 0 amide bonds. The summed E-state index contributed by atoms with van der Waals surface area (Å²) in [4.78, 5) is 6.38. The Hall–Kier alpha value is -1.88. The minimum atomic E-state index is 0.0493. The predicted molar refractivity (Wildman–Crippen MR) is 86.2 cm³/mol. The summed E-state index contributed by atoms with van der Waals surface area (Å²) in [5, 5.41) is 7.72. The highest BCUT2D eigenvalue weighted by Crippen LogP contribution is 2.21. The number of nitrogens with two attached hydrogens (primary N) is 1. The molecule has 1 aromatic carbocycles. The van der Waals surface area contributed by atoms with Crippen molar-refractivity contribution in [2.24, 2.45) is 5.73 Å². The fourth-order valence-corrected chi connectivity index (χ4v) is 2.37. The second kappa shape index (κ2) is 6.05. The lowest BCUT2D eigenvalue weighted by Gasteiger charge is -2.22. The summed E-state index contributed by atoms with van der Waals surface area (Å²) in [5.74, 6) is 0.786. The van der Waals surface area contributed by atoms with E-state index in [-0.39, 0.29) is 5.84 Å². The standard InChI is InChI=1S/C15H17BrN4/c1-10-7-8-19-15(13(10)14(17)18)20(2)9-11-3-5-12(16)6-4-11/h3-8H,9H2,1-2H3,(H3,17,18). The normalized spacial score (nSPS) is 10.3. The van der Waals surface area contributed by atoms with Gasteiger partial charge in [-0.15, -0.1) is 0 Å². The van der Waals surface area contributed by atoms with Crippen molar-refractivity contribution in [3.8, 4) is 0 Å². The van der Waals surface area contributed by atoms with E-state index in [1.807, 2.05) is 37.1 Å². The number of benzene rings is 1. The van der Waals surface area contributed by atoms with Crippen LogP contribution in [-0.4, -0.2) is 17.9 Å². The van der Waals surface area contributed by atoms with E-state index in [1.54, 1.807) is 6.20 Å². The Kier molecular flexibility index (Phi) is 4.39. The average molecular weight is 333 g/mol. The first-order valence-corrected chi connectivity index (χ1v) is 7.04. The number of aryl methyl sites for hydroxylation is 1. The molecular weight excluding hydrogens is 316 g/mol. The SMILES string of the molecule is Cc1ccnc(N(C)Cc2ccc(Br)cc2)c1C(=N)N. The molecule has 3 N–H and O–H groups in total. The summed E-state index contributed by atoms with van der Waals surface area (Å²) in [5.41, 5.74) is 8.52. The third-order valence-electron chi connectivity index (χ3n) is 3.10. The van der Waals surface area contributed by atoms with Gasteiger partial charge in [0, 0.05) is 24.3 Å². The van der Waals surface area contributed by atoms with Crippen LogP contribution in [0.1, 0.15) is 16.7 Å². The molecule has 0 atom stereocenters. The fourth-order valence-electron chi connectivity index (χ4n) is 2.10. The van der Waals surface area contributed by atoms with Crippen LogP contribution >= 0.6 is 15.9 Å². The number of hydrogen-bond acceptors (Lipinski definition) is 3. The van der Waals surface area contributed by atoms with Gasteiger partial charge in [0.2, 0.25) is 0 Å². The Morgan fingerprint density at radius 2 is 1.95 bits per heavy atom. The molecule has 104 valence electrons. The van der Waals surface area contributed by atoms with Gasteiger partial charge in [0.05, 0.1) is 5.56 Å². The number of pyridine rings is 1. The first-order chi connectivity index (χ1) is 9.49. The molecule has 1 heterocycles. The van der Waals surface area contributed by atoms with E-state index < -0.39 is 0 Å². The molecule has 0 aliphatic carbocycles. The maximum absolute atomic E-state index is 7.72. The molecule has 0 fully saturated rings. The van der Waals surface area contributed by atoms with Crippen molar-refractivity contribution in [2.75, 3.05) is 11.9 Å². The number of anilines is 1. The molecule has 0 aliphatic heterocycles. The molecule has 2 rings (SSSR count). The van der Waals surface area contributed by atoms with Gasteiger partial charge in [-0.25, -0.2) is 4.98 Å². The zero-order valence-corrected chi connectivity index (χ0v) is 13.1. The third kappa shape index (κ3) is 3.17. The van der Waals surface area contributed by atoms with Crippen molar-refractivity contribution in [3.63, 3.8) is 0 Å². The number of hydrogen-bond donors (Lipinski definition) is 2. The van der Waals surface area contributed by atoms with Crippen molar-refractivity contribution in [3.05, 3.63) is 57.7 Å². The molecule has 0 radical (unpaired) electrons. The number of halogens is 1. The molecule has 5 heteroatoms. The van der Waals surface area contributed by atoms with Crippen molar-refractivity contribution >= 4 is 27.6 Å². The van der Waals surface area contributed by atoms with Gasteiger partial charge >= 0.3 is 0 Å². The Morgan fingerprint density at radius 3 is 2.55 bits per heavy atom. The smallest absolute Gasteiger partial charge is 0.139 e. The van der Waals surface area contributed by atoms with Gasteiger partial charge in [-0.2, -0.15) is 0 Å². The van der Waals surface area contributed by atoms with Gasteiger partial charge in [-0.1, -0.05) is 28.1 Å². The molecule has 0 spiro atoms. The Morgan fingerprint density at radius 1 is 1.30 bits per heavy atom. The average Bonchev–Trinajstić information content (AvgIpc) is 2.40. The number of nitrogen functional groups attached to an aromatic ring is 1. The molecule has 0 aliphatic rings. The molecule has 20 heavy (non-hydrogen) atoms. The van der Waals surface area contributed by atoms with Crippen molar-refractivity contribution in [2.45, 2.75) is 13.5 Å². The Labute approximate surface area is 127 Å². The number of nitrogens with zero attached hydrogens (tertiary/aromatic N) is 2. The molecule has 0 unspecified atom stereocenters. The number of aromatic nitrogens is 1. The van der Waals surface area contributed by atoms with Gasteiger partial charge in [-0.3, -0.25) is 5.41 Å². The van der Waals surface area contributed by atoms with Crippen LogP contribution in [0.3, 0.4) is 0 Å². The van der Waals surface area contributed by atoms with E-state index in [9.17, 15) is 0 Å². The van der Waals surface area contributed by atoms with E-state index in [0.29, 0.717) is 12.1 Å². The van der Waals surface area contributed by atoms with Crippen LogP contribution in [0.2, 0.25) is 0 Å². The van der Waals surface area contributed by atoms with Gasteiger partial charge < -0.3 is 10.6 Å². The van der Waals surface area contributed by atoms with Crippen LogP contribution in [0.25, 0.3) is 0 Å². The highest BCUT2D eigenvalue weighted by atomic mass is 79.9. The lowest BCUT2D eigenvalue weighted by Crippen LogP contribution is -2.24. The number of rotatable bonds is 4. The molecule has 4 nitrogen and oxygen atoms in total. The summed E-state index contributed by atoms with van der Waals surface area (Å²) in [6.45, 7) is 2.65. The van der Waals surface area contributed by atoms with Crippen molar-refractivity contribution < 1.29 is 0 Å². The first-order valence-electron chi connectivity index (χ1n) is 6.24. The summed E-state index contributed by atoms with van der Waals surface area (Å²) >= 11 is 3.43. The summed E-state index contributed by atoms with van der Waals surface area (Å²) in [7, 11) is 1.95. The van der Waals surface area contributed by atoms with Crippen LogP contribution in [0.5, 0.6) is 0 Å². The quantitative estimate of drug-likeness (QED) is 0.667. The summed E-state index contributed by atoms with van der Waals surface area (Å²) in [6.07, 6.45) is 1.75. The zero-order chi connectivity index (χ0) is 14.7. The number of amidine groups is 1.